The van der Waals surface area contributed by atoms with E-state index in [1.165, 1.54) is 0 Å². The smallest absolute Gasteiger partial charge is 0.314 e. The summed E-state index contributed by atoms with van der Waals surface area (Å²) in [5.41, 5.74) is 2.03. The minimum Gasteiger partial charge on any atom is -0.497 e. The Kier molecular flexibility index (Phi) is 5.57. The van der Waals surface area contributed by atoms with Gasteiger partial charge in [-0.3, -0.25) is 0 Å². The predicted octanol–water partition coefficient (Wildman–Crippen LogP) is 3.53. The van der Waals surface area contributed by atoms with Gasteiger partial charge >= 0.3 is 6.03 Å². The molecule has 1 heterocycles. The maximum absolute atomic E-state index is 11.8. The summed E-state index contributed by atoms with van der Waals surface area (Å²) in [6.45, 7) is 1.12. The Hall–Kier alpha value is -2.95. The van der Waals surface area contributed by atoms with E-state index in [1.54, 1.807) is 7.11 Å². The van der Waals surface area contributed by atoms with Crippen LogP contribution in [0.25, 0.3) is 11.0 Å². The van der Waals surface area contributed by atoms with Crippen LogP contribution in [0, 0.1) is 0 Å². The van der Waals surface area contributed by atoms with Crippen LogP contribution in [-0.4, -0.2) is 26.2 Å². The lowest BCUT2D eigenvalue weighted by molar-refractivity contribution is 0.241. The third-order valence-electron chi connectivity index (χ3n) is 3.99. The molecular formula is C20H22N2O3. The summed E-state index contributed by atoms with van der Waals surface area (Å²) in [4.78, 5) is 11.8. The van der Waals surface area contributed by atoms with Gasteiger partial charge in [-0.2, -0.15) is 0 Å². The number of hydrogen-bond acceptors (Lipinski definition) is 3. The number of furan rings is 1. The van der Waals surface area contributed by atoms with Gasteiger partial charge in [0.05, 0.1) is 7.11 Å². The van der Waals surface area contributed by atoms with Crippen LogP contribution < -0.4 is 15.4 Å². The first-order valence-electron chi connectivity index (χ1n) is 8.37. The third-order valence-corrected chi connectivity index (χ3v) is 3.99. The van der Waals surface area contributed by atoms with Gasteiger partial charge in [-0.05, 0) is 36.2 Å². The number of carbonyl (C=O) groups excluding carboxylic acids is 1. The lowest BCUT2D eigenvalue weighted by atomic mass is 10.1. The number of nitrogens with one attached hydrogen (secondary N) is 2. The Balaban J connectivity index is 1.36. The first kappa shape index (κ1) is 16.9. The summed E-state index contributed by atoms with van der Waals surface area (Å²) >= 11 is 0. The highest BCUT2D eigenvalue weighted by Gasteiger charge is 2.04. The molecule has 0 radical (unpaired) electrons. The molecule has 0 aliphatic carbocycles. The predicted molar refractivity (Wildman–Crippen MR) is 98.0 cm³/mol. The van der Waals surface area contributed by atoms with Crippen LogP contribution in [0.15, 0.2) is 59.0 Å². The highest BCUT2D eigenvalue weighted by molar-refractivity contribution is 5.77. The lowest BCUT2D eigenvalue weighted by Crippen LogP contribution is -2.37. The molecule has 0 aliphatic heterocycles. The number of hydrogen-bond donors (Lipinski definition) is 2. The molecule has 5 nitrogen and oxygen atoms in total. The maximum atomic E-state index is 11.8. The van der Waals surface area contributed by atoms with Gasteiger partial charge in [0.25, 0.3) is 0 Å². The van der Waals surface area contributed by atoms with E-state index in [9.17, 15) is 4.79 Å². The molecule has 2 aromatic carbocycles. The van der Waals surface area contributed by atoms with Gasteiger partial charge in [0.15, 0.2) is 0 Å². The van der Waals surface area contributed by atoms with E-state index in [1.807, 2.05) is 54.6 Å². The van der Waals surface area contributed by atoms with Crippen molar-refractivity contribution in [2.75, 3.05) is 20.2 Å². The van der Waals surface area contributed by atoms with Crippen LogP contribution in [0.2, 0.25) is 0 Å². The third kappa shape index (κ3) is 4.76. The summed E-state index contributed by atoms with van der Waals surface area (Å²) < 4.78 is 10.9. The van der Waals surface area contributed by atoms with Gasteiger partial charge in [0, 0.05) is 24.9 Å². The van der Waals surface area contributed by atoms with Crippen LogP contribution in [-0.2, 0) is 12.8 Å². The largest absolute Gasteiger partial charge is 0.497 e. The molecule has 0 fully saturated rings. The minimum absolute atomic E-state index is 0.162. The average molecular weight is 338 g/mol. The lowest BCUT2D eigenvalue weighted by Gasteiger charge is -2.07. The van der Waals surface area contributed by atoms with E-state index < -0.39 is 0 Å². The Bertz CT molecular complexity index is 791. The summed E-state index contributed by atoms with van der Waals surface area (Å²) in [5, 5.41) is 6.80. The zero-order valence-corrected chi connectivity index (χ0v) is 14.2. The van der Waals surface area contributed by atoms with Crippen molar-refractivity contribution in [3.8, 4) is 5.75 Å². The number of ether oxygens (including phenoxy) is 1. The highest BCUT2D eigenvalue weighted by Crippen LogP contribution is 2.18. The van der Waals surface area contributed by atoms with Crippen LogP contribution in [0.5, 0.6) is 5.75 Å². The molecular weight excluding hydrogens is 316 g/mol. The number of benzene rings is 2. The van der Waals surface area contributed by atoms with Crippen molar-refractivity contribution < 1.29 is 13.9 Å². The fourth-order valence-corrected chi connectivity index (χ4v) is 2.63. The van der Waals surface area contributed by atoms with Crippen LogP contribution in [0.3, 0.4) is 0 Å². The van der Waals surface area contributed by atoms with Crippen molar-refractivity contribution in [2.45, 2.75) is 12.8 Å². The second-order valence-electron chi connectivity index (χ2n) is 5.78. The number of para-hydroxylation sites is 1. The van der Waals surface area contributed by atoms with Crippen LogP contribution in [0.4, 0.5) is 4.79 Å². The zero-order valence-electron chi connectivity index (χ0n) is 14.2. The number of urea groups is 1. The molecule has 0 saturated heterocycles. The molecule has 2 amide bonds. The zero-order chi connectivity index (χ0) is 17.5. The van der Waals surface area contributed by atoms with Crippen molar-refractivity contribution in [3.05, 3.63) is 65.9 Å². The summed E-state index contributed by atoms with van der Waals surface area (Å²) in [5.74, 6) is 1.71. The molecule has 3 aromatic rings. The van der Waals surface area contributed by atoms with Crippen molar-refractivity contribution in [2.24, 2.45) is 0 Å². The van der Waals surface area contributed by atoms with E-state index in [0.717, 1.165) is 34.5 Å². The molecule has 0 unspecified atom stereocenters. The molecule has 0 aliphatic rings. The van der Waals surface area contributed by atoms with Crippen molar-refractivity contribution in [1.29, 1.82) is 0 Å². The van der Waals surface area contributed by atoms with Crippen molar-refractivity contribution in [1.82, 2.24) is 10.6 Å². The fourth-order valence-electron chi connectivity index (χ4n) is 2.63. The first-order valence-corrected chi connectivity index (χ1v) is 8.37. The van der Waals surface area contributed by atoms with Gasteiger partial charge < -0.3 is 19.8 Å². The number of rotatable bonds is 7. The Morgan fingerprint density at radius 1 is 1.00 bits per heavy atom. The SMILES string of the molecule is COc1ccc(CCNC(=O)NCCc2cc3ccccc3o2)cc1. The number of amides is 2. The molecule has 0 atom stereocenters. The Labute approximate surface area is 147 Å². The molecule has 3 rings (SSSR count). The molecule has 2 N–H and O–H groups in total. The van der Waals surface area contributed by atoms with Gasteiger partial charge in [0.1, 0.15) is 17.1 Å². The molecule has 0 bridgehead atoms. The van der Waals surface area contributed by atoms with Gasteiger partial charge in [-0.1, -0.05) is 30.3 Å². The maximum Gasteiger partial charge on any atom is 0.314 e. The highest BCUT2D eigenvalue weighted by atomic mass is 16.5. The normalized spacial score (nSPS) is 10.6. The van der Waals surface area contributed by atoms with Crippen molar-refractivity contribution >= 4 is 17.0 Å². The average Bonchev–Trinajstić information content (AvgIpc) is 3.05. The minimum atomic E-state index is -0.162. The molecule has 0 spiro atoms. The van der Waals surface area contributed by atoms with E-state index in [4.69, 9.17) is 9.15 Å². The van der Waals surface area contributed by atoms with Gasteiger partial charge in [-0.15, -0.1) is 0 Å². The molecule has 1 aromatic heterocycles. The summed E-state index contributed by atoms with van der Waals surface area (Å²) in [7, 11) is 1.65. The van der Waals surface area contributed by atoms with E-state index >= 15 is 0 Å². The molecule has 5 heteroatoms. The van der Waals surface area contributed by atoms with E-state index in [-0.39, 0.29) is 6.03 Å². The van der Waals surface area contributed by atoms with Crippen LogP contribution >= 0.6 is 0 Å². The standard InChI is InChI=1S/C20H22N2O3/c1-24-17-8-6-15(7-9-17)10-12-21-20(23)22-13-11-18-14-16-4-2-3-5-19(16)25-18/h2-9,14H,10-13H2,1H3,(H2,21,22,23). The Morgan fingerprint density at radius 3 is 2.44 bits per heavy atom. The summed E-state index contributed by atoms with van der Waals surface area (Å²) in [6, 6.07) is 17.6. The Morgan fingerprint density at radius 2 is 1.72 bits per heavy atom. The topological polar surface area (TPSA) is 63.5 Å². The quantitative estimate of drug-likeness (QED) is 0.693. The second-order valence-corrected chi connectivity index (χ2v) is 5.78. The molecule has 0 saturated carbocycles. The van der Waals surface area contributed by atoms with Gasteiger partial charge in [-0.25, -0.2) is 4.79 Å². The number of methoxy groups -OCH3 is 1. The van der Waals surface area contributed by atoms with Crippen molar-refractivity contribution in [3.63, 3.8) is 0 Å². The van der Waals surface area contributed by atoms with E-state index in [2.05, 4.69) is 10.6 Å². The number of fused-ring (bicyclic) bond motifs is 1. The first-order chi connectivity index (χ1) is 12.2. The van der Waals surface area contributed by atoms with Crippen LogP contribution in [0.1, 0.15) is 11.3 Å². The molecule has 130 valence electrons. The van der Waals surface area contributed by atoms with Gasteiger partial charge in [0.2, 0.25) is 0 Å². The molecule has 25 heavy (non-hydrogen) atoms. The fraction of sp³-hybridized carbons (Fsp3) is 0.250. The van der Waals surface area contributed by atoms with E-state index in [0.29, 0.717) is 19.5 Å². The number of carbonyl (C=O) groups is 1. The summed E-state index contributed by atoms with van der Waals surface area (Å²) in [6.07, 6.45) is 1.45. The second kappa shape index (κ2) is 8.24. The monoisotopic (exact) mass is 338 g/mol.